The Morgan fingerprint density at radius 2 is 2.41 bits per heavy atom. The third kappa shape index (κ3) is 3.52. The fourth-order valence-electron chi connectivity index (χ4n) is 2.15. The molecule has 94 valence electrons. The van der Waals surface area contributed by atoms with Crippen molar-refractivity contribution in [3.63, 3.8) is 0 Å². The number of amides is 1. The van der Waals surface area contributed by atoms with Gasteiger partial charge in [-0.25, -0.2) is 4.98 Å². The molecule has 0 spiro atoms. The normalized spacial score (nSPS) is 23.8. The molecule has 2 unspecified atom stereocenters. The van der Waals surface area contributed by atoms with Crippen LogP contribution in [0, 0.1) is 5.92 Å². The largest absolute Gasteiger partial charge is 0.393 e. The Balaban J connectivity index is 1.64. The van der Waals surface area contributed by atoms with Gasteiger partial charge in [0.1, 0.15) is 12.7 Å². The molecule has 0 aromatic carbocycles. The number of hydrogen-bond acceptors (Lipinski definition) is 4. The zero-order valence-electron chi connectivity index (χ0n) is 9.75. The average molecular weight is 238 g/mol. The molecule has 2 atom stereocenters. The first-order valence-electron chi connectivity index (χ1n) is 6.03. The van der Waals surface area contributed by atoms with Crippen molar-refractivity contribution in [3.05, 3.63) is 12.7 Å². The number of aryl methyl sites for hydroxylation is 1. The van der Waals surface area contributed by atoms with Crippen LogP contribution in [0.25, 0.3) is 0 Å². The first-order chi connectivity index (χ1) is 8.25. The molecule has 1 aromatic heterocycles. The first-order valence-corrected chi connectivity index (χ1v) is 6.03. The molecular formula is C11H18N4O2. The summed E-state index contributed by atoms with van der Waals surface area (Å²) in [5, 5.41) is 16.4. The van der Waals surface area contributed by atoms with E-state index < -0.39 is 0 Å². The monoisotopic (exact) mass is 238 g/mol. The zero-order chi connectivity index (χ0) is 12.1. The molecule has 1 heterocycles. The van der Waals surface area contributed by atoms with Crippen LogP contribution in [0.15, 0.2) is 12.7 Å². The summed E-state index contributed by atoms with van der Waals surface area (Å²) < 4.78 is 1.63. The Bertz CT molecular complexity index is 352. The van der Waals surface area contributed by atoms with Crippen LogP contribution in [0.5, 0.6) is 0 Å². The van der Waals surface area contributed by atoms with E-state index in [1.165, 1.54) is 6.33 Å². The lowest BCUT2D eigenvalue weighted by atomic mass is 10.1. The molecule has 2 N–H and O–H groups in total. The highest BCUT2D eigenvalue weighted by Crippen LogP contribution is 2.24. The second-order valence-corrected chi connectivity index (χ2v) is 4.47. The van der Waals surface area contributed by atoms with E-state index in [9.17, 15) is 9.90 Å². The minimum absolute atomic E-state index is 0.000370. The highest BCUT2D eigenvalue weighted by Gasteiger charge is 2.25. The van der Waals surface area contributed by atoms with E-state index in [2.05, 4.69) is 15.4 Å². The van der Waals surface area contributed by atoms with Gasteiger partial charge in [-0.05, 0) is 12.8 Å². The van der Waals surface area contributed by atoms with Gasteiger partial charge in [-0.2, -0.15) is 5.10 Å². The Morgan fingerprint density at radius 1 is 1.53 bits per heavy atom. The van der Waals surface area contributed by atoms with Crippen molar-refractivity contribution < 1.29 is 9.90 Å². The summed E-state index contributed by atoms with van der Waals surface area (Å²) in [5.74, 6) is 0.227. The molecular weight excluding hydrogens is 220 g/mol. The number of rotatable bonds is 5. The number of hydrogen-bond donors (Lipinski definition) is 2. The van der Waals surface area contributed by atoms with E-state index in [-0.39, 0.29) is 17.9 Å². The van der Waals surface area contributed by atoms with Crippen LogP contribution in [-0.4, -0.2) is 38.4 Å². The molecule has 1 saturated carbocycles. The smallest absolute Gasteiger partial charge is 0.221 e. The Hall–Kier alpha value is -1.43. The number of aliphatic hydroxyl groups excluding tert-OH is 1. The lowest BCUT2D eigenvalue weighted by Crippen LogP contribution is -2.32. The lowest BCUT2D eigenvalue weighted by molar-refractivity contribution is -0.121. The zero-order valence-corrected chi connectivity index (χ0v) is 9.75. The molecule has 0 saturated heterocycles. The number of aromatic nitrogens is 3. The van der Waals surface area contributed by atoms with Gasteiger partial charge in [-0.15, -0.1) is 0 Å². The molecule has 1 aromatic rings. The number of nitrogens with zero attached hydrogens (tertiary/aromatic N) is 3. The van der Waals surface area contributed by atoms with Gasteiger partial charge in [0, 0.05) is 18.9 Å². The maximum absolute atomic E-state index is 11.5. The van der Waals surface area contributed by atoms with Crippen LogP contribution < -0.4 is 5.32 Å². The number of carbonyl (C=O) groups excluding carboxylic acids is 1. The van der Waals surface area contributed by atoms with E-state index >= 15 is 0 Å². The number of carbonyl (C=O) groups is 1. The van der Waals surface area contributed by atoms with Crippen LogP contribution in [-0.2, 0) is 11.3 Å². The van der Waals surface area contributed by atoms with Crippen molar-refractivity contribution in [3.8, 4) is 0 Å². The van der Waals surface area contributed by atoms with Gasteiger partial charge in [-0.3, -0.25) is 9.48 Å². The topological polar surface area (TPSA) is 80.0 Å². The molecule has 6 nitrogen and oxygen atoms in total. The standard InChI is InChI=1S/C11H18N4O2/c16-10-3-1-2-9(10)6-13-11(17)4-5-15-8-12-7-14-15/h7-10,16H,1-6H2,(H,13,17). The summed E-state index contributed by atoms with van der Waals surface area (Å²) >= 11 is 0. The molecule has 0 radical (unpaired) electrons. The fraction of sp³-hybridized carbons (Fsp3) is 0.727. The summed E-state index contributed by atoms with van der Waals surface area (Å²) in [6.07, 6.45) is 6.11. The molecule has 1 aliphatic carbocycles. The molecule has 6 heteroatoms. The molecule has 1 fully saturated rings. The van der Waals surface area contributed by atoms with Gasteiger partial charge in [-0.1, -0.05) is 6.42 Å². The van der Waals surface area contributed by atoms with Crippen molar-refractivity contribution >= 4 is 5.91 Å². The van der Waals surface area contributed by atoms with Gasteiger partial charge in [0.15, 0.2) is 0 Å². The summed E-state index contributed by atoms with van der Waals surface area (Å²) in [5.41, 5.74) is 0. The van der Waals surface area contributed by atoms with Crippen molar-refractivity contribution in [1.82, 2.24) is 20.1 Å². The van der Waals surface area contributed by atoms with Gasteiger partial charge in [0.2, 0.25) is 5.91 Å². The van der Waals surface area contributed by atoms with Crippen LogP contribution in [0.3, 0.4) is 0 Å². The van der Waals surface area contributed by atoms with Crippen LogP contribution >= 0.6 is 0 Å². The molecule has 1 amide bonds. The predicted octanol–water partition coefficient (Wildman–Crippen LogP) is -0.0546. The Kier molecular flexibility index (Phi) is 4.08. The van der Waals surface area contributed by atoms with Crippen molar-refractivity contribution in [2.45, 2.75) is 38.3 Å². The third-order valence-corrected chi connectivity index (χ3v) is 3.21. The predicted molar refractivity (Wildman–Crippen MR) is 61.0 cm³/mol. The maximum atomic E-state index is 11.5. The first kappa shape index (κ1) is 12.0. The summed E-state index contributed by atoms with van der Waals surface area (Å²) in [7, 11) is 0. The Morgan fingerprint density at radius 3 is 3.06 bits per heavy atom. The molecule has 0 aliphatic heterocycles. The van der Waals surface area contributed by atoms with Crippen molar-refractivity contribution in [2.75, 3.05) is 6.54 Å². The molecule has 2 rings (SSSR count). The third-order valence-electron chi connectivity index (χ3n) is 3.21. The highest BCUT2D eigenvalue weighted by molar-refractivity contribution is 5.75. The summed E-state index contributed by atoms with van der Waals surface area (Å²) in [6, 6.07) is 0. The van der Waals surface area contributed by atoms with Crippen molar-refractivity contribution in [2.24, 2.45) is 5.92 Å². The van der Waals surface area contributed by atoms with Crippen LogP contribution in [0.1, 0.15) is 25.7 Å². The lowest BCUT2D eigenvalue weighted by Gasteiger charge is -2.14. The van der Waals surface area contributed by atoms with Gasteiger partial charge < -0.3 is 10.4 Å². The second-order valence-electron chi connectivity index (χ2n) is 4.47. The van der Waals surface area contributed by atoms with E-state index in [1.54, 1.807) is 11.0 Å². The van der Waals surface area contributed by atoms with E-state index in [0.29, 0.717) is 19.5 Å². The number of nitrogens with one attached hydrogen (secondary N) is 1. The maximum Gasteiger partial charge on any atom is 0.221 e. The average Bonchev–Trinajstić information content (AvgIpc) is 2.95. The van der Waals surface area contributed by atoms with Gasteiger partial charge in [0.25, 0.3) is 0 Å². The number of aliphatic hydroxyl groups is 1. The van der Waals surface area contributed by atoms with Crippen LogP contribution in [0.2, 0.25) is 0 Å². The minimum atomic E-state index is -0.245. The van der Waals surface area contributed by atoms with E-state index in [4.69, 9.17) is 0 Å². The summed E-state index contributed by atoms with van der Waals surface area (Å²) in [6.45, 7) is 1.12. The molecule has 1 aliphatic rings. The SMILES string of the molecule is O=C(CCn1cncn1)NCC1CCCC1O. The second kappa shape index (κ2) is 5.77. The van der Waals surface area contributed by atoms with Crippen LogP contribution in [0.4, 0.5) is 0 Å². The van der Waals surface area contributed by atoms with E-state index in [0.717, 1.165) is 19.3 Å². The molecule has 0 bridgehead atoms. The van der Waals surface area contributed by atoms with Gasteiger partial charge in [0.05, 0.1) is 12.6 Å². The quantitative estimate of drug-likeness (QED) is 0.753. The summed E-state index contributed by atoms with van der Waals surface area (Å²) in [4.78, 5) is 15.4. The van der Waals surface area contributed by atoms with Crippen molar-refractivity contribution in [1.29, 1.82) is 0 Å². The minimum Gasteiger partial charge on any atom is -0.393 e. The molecule has 17 heavy (non-hydrogen) atoms. The van der Waals surface area contributed by atoms with E-state index in [1.807, 2.05) is 0 Å². The fourth-order valence-corrected chi connectivity index (χ4v) is 2.15. The Labute approximate surface area is 100 Å². The highest BCUT2D eigenvalue weighted by atomic mass is 16.3. The van der Waals surface area contributed by atoms with Gasteiger partial charge >= 0.3 is 0 Å².